The van der Waals surface area contributed by atoms with Crippen molar-refractivity contribution >= 4 is 0 Å². The highest BCUT2D eigenvalue weighted by molar-refractivity contribution is 5.04. The van der Waals surface area contributed by atoms with Gasteiger partial charge in [0.15, 0.2) is 0 Å². The Balaban J connectivity index is 1.85. The molecule has 3 heteroatoms. The van der Waals surface area contributed by atoms with Gasteiger partial charge in [-0.3, -0.25) is 4.98 Å². The zero-order chi connectivity index (χ0) is 12.8. The zero-order valence-electron chi connectivity index (χ0n) is 11.6. The highest BCUT2D eigenvalue weighted by Gasteiger charge is 2.26. The molecule has 0 saturated heterocycles. The summed E-state index contributed by atoms with van der Waals surface area (Å²) in [4.78, 5) is 6.90. The van der Waals surface area contributed by atoms with Crippen LogP contribution in [0.1, 0.15) is 31.4 Å². The van der Waals surface area contributed by atoms with E-state index in [2.05, 4.69) is 41.4 Å². The molecule has 1 fully saturated rings. The minimum atomic E-state index is 0.660. The van der Waals surface area contributed by atoms with Crippen LogP contribution in [-0.2, 0) is 6.42 Å². The third-order valence-corrected chi connectivity index (χ3v) is 4.11. The van der Waals surface area contributed by atoms with E-state index in [9.17, 15) is 0 Å². The fourth-order valence-electron chi connectivity index (χ4n) is 2.98. The van der Waals surface area contributed by atoms with E-state index < -0.39 is 0 Å². The van der Waals surface area contributed by atoms with Gasteiger partial charge in [0.05, 0.1) is 0 Å². The van der Waals surface area contributed by atoms with Gasteiger partial charge >= 0.3 is 0 Å². The lowest BCUT2D eigenvalue weighted by molar-refractivity contribution is 0.155. The van der Waals surface area contributed by atoms with E-state index in [4.69, 9.17) is 0 Å². The van der Waals surface area contributed by atoms with Gasteiger partial charge in [-0.2, -0.15) is 0 Å². The molecule has 0 bridgehead atoms. The van der Waals surface area contributed by atoms with E-state index in [0.29, 0.717) is 12.1 Å². The van der Waals surface area contributed by atoms with Crippen molar-refractivity contribution in [2.75, 3.05) is 20.6 Å². The van der Waals surface area contributed by atoms with Crippen molar-refractivity contribution in [3.63, 3.8) is 0 Å². The van der Waals surface area contributed by atoms with Crippen LogP contribution in [0, 0.1) is 0 Å². The van der Waals surface area contributed by atoms with Gasteiger partial charge in [0.1, 0.15) is 0 Å². The Morgan fingerprint density at radius 2 is 2.17 bits per heavy atom. The number of rotatable bonds is 5. The van der Waals surface area contributed by atoms with Gasteiger partial charge < -0.3 is 10.2 Å². The maximum Gasteiger partial charge on any atom is 0.0416 e. The first kappa shape index (κ1) is 13.5. The summed E-state index contributed by atoms with van der Waals surface area (Å²) in [6.07, 6.45) is 8.31. The van der Waals surface area contributed by atoms with Gasteiger partial charge in [-0.1, -0.05) is 18.9 Å². The predicted molar refractivity (Wildman–Crippen MR) is 75.7 cm³/mol. The van der Waals surface area contributed by atoms with Gasteiger partial charge in [0, 0.05) is 36.9 Å². The van der Waals surface area contributed by atoms with Crippen LogP contribution in [0.2, 0.25) is 0 Å². The largest absolute Gasteiger partial charge is 0.315 e. The first-order valence-corrected chi connectivity index (χ1v) is 7.08. The Labute approximate surface area is 111 Å². The Morgan fingerprint density at radius 1 is 1.33 bits per heavy atom. The van der Waals surface area contributed by atoms with Gasteiger partial charge in [-0.15, -0.1) is 0 Å². The second-order valence-electron chi connectivity index (χ2n) is 5.30. The molecule has 18 heavy (non-hydrogen) atoms. The molecule has 1 aromatic heterocycles. The fraction of sp³-hybridized carbons (Fsp3) is 0.667. The third kappa shape index (κ3) is 3.53. The van der Waals surface area contributed by atoms with Gasteiger partial charge in [0.25, 0.3) is 0 Å². The first-order chi connectivity index (χ1) is 8.81. The Bertz CT molecular complexity index is 339. The van der Waals surface area contributed by atoms with Gasteiger partial charge in [0.2, 0.25) is 0 Å². The molecule has 1 saturated carbocycles. The Hall–Kier alpha value is -0.930. The number of nitrogens with one attached hydrogen (secondary N) is 1. The van der Waals surface area contributed by atoms with Crippen LogP contribution in [0.3, 0.4) is 0 Å². The average molecular weight is 247 g/mol. The Kier molecular flexibility index (Phi) is 5.14. The first-order valence-electron chi connectivity index (χ1n) is 7.08. The third-order valence-electron chi connectivity index (χ3n) is 4.11. The van der Waals surface area contributed by atoms with Crippen molar-refractivity contribution in [3.8, 4) is 0 Å². The summed E-state index contributed by atoms with van der Waals surface area (Å²) in [5.41, 5.74) is 1.20. The lowest BCUT2D eigenvalue weighted by Gasteiger charge is -2.38. The molecule has 0 unspecified atom stereocenters. The molecule has 0 radical (unpaired) electrons. The summed E-state index contributed by atoms with van der Waals surface area (Å²) in [6, 6.07) is 7.51. The number of hydrogen-bond donors (Lipinski definition) is 1. The van der Waals surface area contributed by atoms with Crippen LogP contribution in [-0.4, -0.2) is 42.6 Å². The summed E-state index contributed by atoms with van der Waals surface area (Å²) in [6.45, 7) is 1.10. The number of likely N-dealkylation sites (N-methyl/N-ethyl adjacent to an activating group) is 2. The lowest BCUT2D eigenvalue weighted by Crippen LogP contribution is -2.49. The van der Waals surface area contributed by atoms with Crippen molar-refractivity contribution in [1.29, 1.82) is 0 Å². The van der Waals surface area contributed by atoms with E-state index in [0.717, 1.165) is 13.0 Å². The van der Waals surface area contributed by atoms with E-state index in [1.165, 1.54) is 31.4 Å². The lowest BCUT2D eigenvalue weighted by atomic mass is 9.89. The monoisotopic (exact) mass is 247 g/mol. The molecule has 1 N–H and O–H groups in total. The topological polar surface area (TPSA) is 28.2 Å². The molecular formula is C15H25N3. The molecule has 0 aromatic carbocycles. The number of aromatic nitrogens is 1. The fourth-order valence-corrected chi connectivity index (χ4v) is 2.98. The SMILES string of the molecule is CN[C@H]1CCCC[C@@H]1N(C)CCc1ccccn1. The highest BCUT2D eigenvalue weighted by Crippen LogP contribution is 2.22. The second kappa shape index (κ2) is 6.86. The van der Waals surface area contributed by atoms with Crippen LogP contribution in [0.5, 0.6) is 0 Å². The summed E-state index contributed by atoms with van der Waals surface area (Å²) < 4.78 is 0. The van der Waals surface area contributed by atoms with Crippen molar-refractivity contribution < 1.29 is 0 Å². The van der Waals surface area contributed by atoms with Crippen LogP contribution in [0.4, 0.5) is 0 Å². The average Bonchev–Trinajstić information content (AvgIpc) is 2.45. The van der Waals surface area contributed by atoms with Gasteiger partial charge in [-0.25, -0.2) is 0 Å². The smallest absolute Gasteiger partial charge is 0.0416 e. The van der Waals surface area contributed by atoms with E-state index >= 15 is 0 Å². The number of hydrogen-bond acceptors (Lipinski definition) is 3. The summed E-state index contributed by atoms with van der Waals surface area (Å²) >= 11 is 0. The van der Waals surface area contributed by atoms with Crippen LogP contribution in [0.25, 0.3) is 0 Å². The maximum atomic E-state index is 4.39. The summed E-state index contributed by atoms with van der Waals surface area (Å²) in [5, 5.41) is 3.48. The van der Waals surface area contributed by atoms with Crippen molar-refractivity contribution in [2.24, 2.45) is 0 Å². The van der Waals surface area contributed by atoms with Gasteiger partial charge in [-0.05, 0) is 39.1 Å². The molecule has 0 amide bonds. The molecule has 1 aromatic rings. The molecule has 3 nitrogen and oxygen atoms in total. The molecule has 2 atom stereocenters. The molecule has 100 valence electrons. The number of pyridine rings is 1. The van der Waals surface area contributed by atoms with Crippen molar-refractivity contribution in [2.45, 2.75) is 44.2 Å². The van der Waals surface area contributed by atoms with E-state index in [1.54, 1.807) is 0 Å². The molecule has 1 aliphatic carbocycles. The molecular weight excluding hydrogens is 222 g/mol. The normalized spacial score (nSPS) is 24.4. The molecule has 0 spiro atoms. The van der Waals surface area contributed by atoms with E-state index in [-0.39, 0.29) is 0 Å². The van der Waals surface area contributed by atoms with Crippen LogP contribution < -0.4 is 5.32 Å². The Morgan fingerprint density at radius 3 is 2.89 bits per heavy atom. The standard InChI is InChI=1S/C15H25N3/c1-16-14-8-3-4-9-15(14)18(2)12-10-13-7-5-6-11-17-13/h5-7,11,14-16H,3-4,8-10,12H2,1-2H3/t14-,15-/m0/s1. The van der Waals surface area contributed by atoms with Crippen LogP contribution in [0.15, 0.2) is 24.4 Å². The predicted octanol–water partition coefficient (Wildman–Crippen LogP) is 2.09. The maximum absolute atomic E-state index is 4.39. The molecule has 2 rings (SSSR count). The van der Waals surface area contributed by atoms with Crippen molar-refractivity contribution in [1.82, 2.24) is 15.2 Å². The molecule has 1 aliphatic rings. The minimum Gasteiger partial charge on any atom is -0.315 e. The zero-order valence-corrected chi connectivity index (χ0v) is 11.6. The summed E-state index contributed by atoms with van der Waals surface area (Å²) in [5.74, 6) is 0. The van der Waals surface area contributed by atoms with Crippen LogP contribution >= 0.6 is 0 Å². The number of nitrogens with zero attached hydrogens (tertiary/aromatic N) is 2. The van der Waals surface area contributed by atoms with Crippen molar-refractivity contribution in [3.05, 3.63) is 30.1 Å². The van der Waals surface area contributed by atoms with E-state index in [1.807, 2.05) is 12.3 Å². The quantitative estimate of drug-likeness (QED) is 0.863. The second-order valence-corrected chi connectivity index (χ2v) is 5.30. The minimum absolute atomic E-state index is 0.660. The molecule has 0 aliphatic heterocycles. The molecule has 1 heterocycles. The highest BCUT2D eigenvalue weighted by atomic mass is 15.2. The summed E-state index contributed by atoms with van der Waals surface area (Å²) in [7, 11) is 4.35.